The average molecular weight is 355 g/mol. The number of methoxy groups -OCH3 is 1. The van der Waals surface area contributed by atoms with Crippen molar-refractivity contribution in [2.45, 2.75) is 12.6 Å². The third-order valence-corrected chi connectivity index (χ3v) is 4.24. The molecule has 2 aromatic rings. The van der Waals surface area contributed by atoms with Gasteiger partial charge in [-0.25, -0.2) is 4.98 Å². The van der Waals surface area contributed by atoms with E-state index >= 15 is 0 Å². The molecule has 26 heavy (non-hydrogen) atoms. The van der Waals surface area contributed by atoms with Gasteiger partial charge < -0.3 is 19.6 Å². The van der Waals surface area contributed by atoms with Crippen molar-refractivity contribution in [3.63, 3.8) is 0 Å². The molecule has 1 aliphatic rings. The number of ether oxygens (including phenoxy) is 1. The number of aliphatic hydroxyl groups excluding tert-OH is 1. The van der Waals surface area contributed by atoms with Gasteiger partial charge in [-0.05, 0) is 11.6 Å². The van der Waals surface area contributed by atoms with E-state index in [-0.39, 0.29) is 31.4 Å². The third-order valence-electron chi connectivity index (χ3n) is 4.24. The van der Waals surface area contributed by atoms with E-state index in [0.717, 1.165) is 5.56 Å². The molecule has 0 saturated carbocycles. The van der Waals surface area contributed by atoms with Crippen LogP contribution < -0.4 is 4.74 Å². The van der Waals surface area contributed by atoms with E-state index in [2.05, 4.69) is 4.98 Å². The van der Waals surface area contributed by atoms with Crippen molar-refractivity contribution in [2.24, 2.45) is 0 Å². The van der Waals surface area contributed by atoms with Gasteiger partial charge in [0.15, 0.2) is 0 Å². The molecule has 136 valence electrons. The minimum Gasteiger partial charge on any atom is -0.481 e. The SMILES string of the molecule is COc1ccc(C(=O)N2CC(=O)N(Cc3ccccc3)CC(O)C2)cn1. The second kappa shape index (κ2) is 7.97. The molecular formula is C19H21N3O4. The lowest BCUT2D eigenvalue weighted by atomic mass is 10.2. The molecule has 2 amide bonds. The lowest BCUT2D eigenvalue weighted by Crippen LogP contribution is -2.39. The summed E-state index contributed by atoms with van der Waals surface area (Å²) in [6.45, 7) is 0.623. The summed E-state index contributed by atoms with van der Waals surface area (Å²) in [7, 11) is 1.50. The number of β-amino-alcohol motifs (C(OH)–C–C–N with tert-alkyl or cyclic N) is 1. The van der Waals surface area contributed by atoms with Gasteiger partial charge in [0.25, 0.3) is 5.91 Å². The van der Waals surface area contributed by atoms with Crippen molar-refractivity contribution >= 4 is 11.8 Å². The Morgan fingerprint density at radius 3 is 2.65 bits per heavy atom. The predicted octanol–water partition coefficient (Wildman–Crippen LogP) is 0.936. The second-order valence-corrected chi connectivity index (χ2v) is 6.19. The molecule has 1 unspecified atom stereocenters. The van der Waals surface area contributed by atoms with Crippen LogP contribution in [0.15, 0.2) is 48.7 Å². The summed E-state index contributed by atoms with van der Waals surface area (Å²) < 4.78 is 4.98. The maximum atomic E-state index is 12.7. The number of carbonyl (C=O) groups excluding carboxylic acids is 2. The van der Waals surface area contributed by atoms with Crippen molar-refractivity contribution in [1.82, 2.24) is 14.8 Å². The highest BCUT2D eigenvalue weighted by Gasteiger charge is 2.30. The van der Waals surface area contributed by atoms with Gasteiger partial charge >= 0.3 is 0 Å². The minimum atomic E-state index is -0.805. The molecule has 1 aliphatic heterocycles. The highest BCUT2D eigenvalue weighted by Crippen LogP contribution is 2.14. The standard InChI is InChI=1S/C19H21N3O4/c1-26-17-8-7-15(9-20-17)19(25)22-12-16(23)11-21(18(24)13-22)10-14-5-3-2-4-6-14/h2-9,16,23H,10-13H2,1H3. The van der Waals surface area contributed by atoms with Crippen molar-refractivity contribution in [3.05, 3.63) is 59.8 Å². The van der Waals surface area contributed by atoms with Crippen LogP contribution in [0, 0.1) is 0 Å². The van der Waals surface area contributed by atoms with Crippen LogP contribution in [0.3, 0.4) is 0 Å². The van der Waals surface area contributed by atoms with Crippen molar-refractivity contribution in [2.75, 3.05) is 26.7 Å². The van der Waals surface area contributed by atoms with Crippen LogP contribution in [0.2, 0.25) is 0 Å². The molecule has 1 aromatic carbocycles. The van der Waals surface area contributed by atoms with Gasteiger partial charge in [-0.15, -0.1) is 0 Å². The molecule has 2 heterocycles. The fourth-order valence-corrected chi connectivity index (χ4v) is 2.92. The van der Waals surface area contributed by atoms with Gasteiger partial charge in [0.2, 0.25) is 11.8 Å². The normalized spacial score (nSPS) is 17.8. The Hall–Kier alpha value is -2.93. The number of carbonyl (C=O) groups is 2. The molecule has 0 aliphatic carbocycles. The lowest BCUT2D eigenvalue weighted by Gasteiger charge is -2.22. The number of nitrogens with zero attached hydrogens (tertiary/aromatic N) is 3. The summed E-state index contributed by atoms with van der Waals surface area (Å²) in [4.78, 5) is 32.2. The smallest absolute Gasteiger partial charge is 0.255 e. The molecule has 0 spiro atoms. The van der Waals surface area contributed by atoms with Crippen LogP contribution in [0.25, 0.3) is 0 Å². The molecule has 1 N–H and O–H groups in total. The van der Waals surface area contributed by atoms with Gasteiger partial charge in [0, 0.05) is 31.9 Å². The fraction of sp³-hybridized carbons (Fsp3) is 0.316. The summed E-state index contributed by atoms with van der Waals surface area (Å²) in [6.07, 6.45) is 0.602. The Labute approximate surface area is 151 Å². The quantitative estimate of drug-likeness (QED) is 0.882. The Morgan fingerprint density at radius 1 is 1.23 bits per heavy atom. The summed E-state index contributed by atoms with van der Waals surface area (Å²) in [5.41, 5.74) is 1.33. The summed E-state index contributed by atoms with van der Waals surface area (Å²) in [5, 5.41) is 10.3. The predicted molar refractivity (Wildman–Crippen MR) is 94.6 cm³/mol. The minimum absolute atomic E-state index is 0.0746. The number of aliphatic hydroxyl groups is 1. The monoisotopic (exact) mass is 355 g/mol. The van der Waals surface area contributed by atoms with E-state index in [4.69, 9.17) is 4.74 Å². The first-order valence-electron chi connectivity index (χ1n) is 8.36. The van der Waals surface area contributed by atoms with Crippen LogP contribution >= 0.6 is 0 Å². The van der Waals surface area contributed by atoms with Gasteiger partial charge in [-0.2, -0.15) is 0 Å². The van der Waals surface area contributed by atoms with E-state index in [1.807, 2.05) is 30.3 Å². The number of benzene rings is 1. The Morgan fingerprint density at radius 2 is 2.00 bits per heavy atom. The Balaban J connectivity index is 1.72. The topological polar surface area (TPSA) is 83.0 Å². The van der Waals surface area contributed by atoms with E-state index in [1.165, 1.54) is 18.2 Å². The van der Waals surface area contributed by atoms with Gasteiger partial charge in [-0.1, -0.05) is 30.3 Å². The molecule has 1 saturated heterocycles. The average Bonchev–Trinajstić information content (AvgIpc) is 2.80. The molecule has 1 atom stereocenters. The molecule has 0 radical (unpaired) electrons. The van der Waals surface area contributed by atoms with E-state index in [1.54, 1.807) is 17.0 Å². The molecule has 1 aromatic heterocycles. The Bertz CT molecular complexity index is 764. The third kappa shape index (κ3) is 4.18. The molecule has 1 fully saturated rings. The number of amides is 2. The molecular weight excluding hydrogens is 334 g/mol. The van der Waals surface area contributed by atoms with Crippen molar-refractivity contribution in [1.29, 1.82) is 0 Å². The van der Waals surface area contributed by atoms with Crippen molar-refractivity contribution < 1.29 is 19.4 Å². The van der Waals surface area contributed by atoms with Gasteiger partial charge in [0.1, 0.15) is 6.54 Å². The number of aromatic nitrogens is 1. The highest BCUT2D eigenvalue weighted by atomic mass is 16.5. The highest BCUT2D eigenvalue weighted by molar-refractivity contribution is 5.96. The van der Waals surface area contributed by atoms with Gasteiger partial charge in [-0.3, -0.25) is 9.59 Å². The van der Waals surface area contributed by atoms with Crippen LogP contribution in [-0.2, 0) is 11.3 Å². The summed E-state index contributed by atoms with van der Waals surface area (Å²) in [6, 6.07) is 12.8. The zero-order valence-corrected chi connectivity index (χ0v) is 14.5. The van der Waals surface area contributed by atoms with E-state index < -0.39 is 6.10 Å². The number of hydrogen-bond donors (Lipinski definition) is 1. The van der Waals surface area contributed by atoms with Crippen LogP contribution in [-0.4, -0.2) is 64.6 Å². The second-order valence-electron chi connectivity index (χ2n) is 6.19. The maximum Gasteiger partial charge on any atom is 0.255 e. The van der Waals surface area contributed by atoms with Crippen LogP contribution in [0.4, 0.5) is 0 Å². The van der Waals surface area contributed by atoms with E-state index in [0.29, 0.717) is 18.0 Å². The van der Waals surface area contributed by atoms with E-state index in [9.17, 15) is 14.7 Å². The number of hydrogen-bond acceptors (Lipinski definition) is 5. The number of pyridine rings is 1. The zero-order chi connectivity index (χ0) is 18.5. The zero-order valence-electron chi connectivity index (χ0n) is 14.5. The fourth-order valence-electron chi connectivity index (χ4n) is 2.92. The molecule has 0 bridgehead atoms. The number of rotatable bonds is 4. The summed E-state index contributed by atoms with van der Waals surface area (Å²) in [5.74, 6) is -0.128. The Kier molecular flexibility index (Phi) is 5.48. The van der Waals surface area contributed by atoms with Crippen molar-refractivity contribution in [3.8, 4) is 5.88 Å². The lowest BCUT2D eigenvalue weighted by molar-refractivity contribution is -0.131. The van der Waals surface area contributed by atoms with Gasteiger partial charge in [0.05, 0.1) is 18.8 Å². The maximum absolute atomic E-state index is 12.7. The van der Waals surface area contributed by atoms with Crippen LogP contribution in [0.5, 0.6) is 5.88 Å². The first-order chi connectivity index (χ1) is 12.6. The summed E-state index contributed by atoms with van der Waals surface area (Å²) >= 11 is 0. The molecule has 3 rings (SSSR count). The largest absolute Gasteiger partial charge is 0.481 e. The molecule has 7 nitrogen and oxygen atoms in total. The first kappa shape index (κ1) is 17.9. The first-order valence-corrected chi connectivity index (χ1v) is 8.36. The molecule has 7 heteroatoms. The van der Waals surface area contributed by atoms with Crippen LogP contribution in [0.1, 0.15) is 15.9 Å².